The molecule has 3 aromatic rings. The molecule has 0 radical (unpaired) electrons. The Kier molecular flexibility index (Phi) is 9.22. The fourth-order valence-electron chi connectivity index (χ4n) is 4.41. The van der Waals surface area contributed by atoms with E-state index in [1.807, 2.05) is 0 Å². The average Bonchev–Trinajstić information content (AvgIpc) is 3.45. The molecule has 6 nitrogen and oxygen atoms in total. The quantitative estimate of drug-likeness (QED) is 0.204. The van der Waals surface area contributed by atoms with Crippen LogP contribution in [0.15, 0.2) is 60.7 Å². The Morgan fingerprint density at radius 3 is 2.12 bits per heavy atom. The van der Waals surface area contributed by atoms with Crippen molar-refractivity contribution in [2.45, 2.75) is 43.0 Å². The maximum atomic E-state index is 13.2. The summed E-state index contributed by atoms with van der Waals surface area (Å²) in [5.41, 5.74) is 1.99. The lowest BCUT2D eigenvalue weighted by atomic mass is 10.0. The zero-order valence-electron chi connectivity index (χ0n) is 22.6. The van der Waals surface area contributed by atoms with Gasteiger partial charge in [-0.2, -0.15) is 0 Å². The first-order valence-electron chi connectivity index (χ1n) is 12.6. The summed E-state index contributed by atoms with van der Waals surface area (Å²) in [6.07, 6.45) is -0.429. The molecule has 3 aromatic carbocycles. The summed E-state index contributed by atoms with van der Waals surface area (Å²) in [5.74, 6) is -1.93. The van der Waals surface area contributed by atoms with E-state index < -0.39 is 33.8 Å². The predicted octanol–water partition coefficient (Wildman–Crippen LogP) is 8.97. The number of ketones is 1. The van der Waals surface area contributed by atoms with Crippen LogP contribution in [0.2, 0.25) is 15.1 Å². The van der Waals surface area contributed by atoms with Crippen LogP contribution in [-0.4, -0.2) is 34.8 Å². The van der Waals surface area contributed by atoms with Crippen LogP contribution in [0, 0.1) is 5.92 Å². The van der Waals surface area contributed by atoms with Crippen LogP contribution in [0.5, 0.6) is 0 Å². The lowest BCUT2D eigenvalue weighted by Gasteiger charge is -2.24. The molecule has 1 aliphatic carbocycles. The summed E-state index contributed by atoms with van der Waals surface area (Å²) in [5, 5.41) is 3.85. The Hall–Kier alpha value is -2.48. The molecular formula is C30H27Cl5N2O4. The van der Waals surface area contributed by atoms with Crippen molar-refractivity contribution in [3.63, 3.8) is 0 Å². The molecule has 41 heavy (non-hydrogen) atoms. The number of alkyl halides is 2. The fraction of sp³-hybridized carbons (Fsp3) is 0.300. The van der Waals surface area contributed by atoms with E-state index in [1.54, 1.807) is 82.4 Å². The monoisotopic (exact) mass is 654 g/mol. The van der Waals surface area contributed by atoms with Gasteiger partial charge >= 0.3 is 6.09 Å². The first-order chi connectivity index (χ1) is 19.1. The number of halogens is 5. The van der Waals surface area contributed by atoms with Gasteiger partial charge in [0.15, 0.2) is 5.78 Å². The highest BCUT2D eigenvalue weighted by Crippen LogP contribution is 2.65. The number of ether oxygens (including phenoxy) is 1. The lowest BCUT2D eigenvalue weighted by Crippen LogP contribution is -2.34. The standard InChI is InChI=1S/C30H27Cl5N2O4/c1-29(2,3)41-28(40)37(4)21-8-5-16(6-9-21)11-24(38)22-15-20(7-10-23(22)33)36-27(39)26-25(30(26,34)35)17-12-18(31)14-19(32)13-17/h5-10,12-15,25-26H,11H2,1-4H3,(H,36,39). The van der Waals surface area contributed by atoms with Crippen LogP contribution in [0.25, 0.3) is 0 Å². The molecule has 0 aromatic heterocycles. The maximum Gasteiger partial charge on any atom is 0.414 e. The number of Topliss-reactive ketones (excluding diaryl/α,β-unsaturated/α-hetero) is 1. The third-order valence-electron chi connectivity index (χ3n) is 6.47. The molecule has 0 aliphatic heterocycles. The second kappa shape index (κ2) is 12.0. The van der Waals surface area contributed by atoms with Crippen LogP contribution in [0.4, 0.5) is 16.2 Å². The Balaban J connectivity index is 1.43. The highest BCUT2D eigenvalue weighted by atomic mass is 35.5. The van der Waals surface area contributed by atoms with E-state index >= 15 is 0 Å². The smallest absolute Gasteiger partial charge is 0.414 e. The van der Waals surface area contributed by atoms with Crippen LogP contribution >= 0.6 is 58.0 Å². The van der Waals surface area contributed by atoms with Gasteiger partial charge in [-0.15, -0.1) is 23.2 Å². The van der Waals surface area contributed by atoms with Gasteiger partial charge in [0.2, 0.25) is 5.91 Å². The summed E-state index contributed by atoms with van der Waals surface area (Å²) in [7, 11) is 1.61. The highest BCUT2D eigenvalue weighted by molar-refractivity contribution is 6.53. The summed E-state index contributed by atoms with van der Waals surface area (Å²) < 4.78 is 4.05. The first kappa shape index (κ1) is 31.5. The number of hydrogen-bond acceptors (Lipinski definition) is 4. The number of nitrogens with one attached hydrogen (secondary N) is 1. The maximum absolute atomic E-state index is 13.2. The number of hydrogen-bond donors (Lipinski definition) is 1. The molecule has 2 unspecified atom stereocenters. The second-order valence-electron chi connectivity index (χ2n) is 10.8. The SMILES string of the molecule is CN(C(=O)OC(C)(C)C)c1ccc(CC(=O)c2cc(NC(=O)C3C(c4cc(Cl)cc(Cl)c4)C3(Cl)Cl)ccc2Cl)cc1. The normalized spacial score (nSPS) is 17.5. The predicted molar refractivity (Wildman–Crippen MR) is 166 cm³/mol. The molecule has 2 atom stereocenters. The van der Waals surface area contributed by atoms with Gasteiger partial charge in [-0.25, -0.2) is 4.79 Å². The molecule has 1 fully saturated rings. The summed E-state index contributed by atoms with van der Waals surface area (Å²) in [6, 6.07) is 16.5. The zero-order chi connectivity index (χ0) is 30.3. The highest BCUT2D eigenvalue weighted by Gasteiger charge is 2.67. The van der Waals surface area contributed by atoms with Crippen molar-refractivity contribution in [2.24, 2.45) is 5.92 Å². The lowest BCUT2D eigenvalue weighted by molar-refractivity contribution is -0.117. The van der Waals surface area contributed by atoms with Crippen molar-refractivity contribution in [3.05, 3.63) is 92.4 Å². The molecule has 1 saturated carbocycles. The third kappa shape index (κ3) is 7.49. The fourth-order valence-corrected chi connectivity index (χ4v) is 6.01. The number of amides is 2. The largest absolute Gasteiger partial charge is 0.443 e. The van der Waals surface area contributed by atoms with Gasteiger partial charge in [0, 0.05) is 46.4 Å². The molecule has 216 valence electrons. The topological polar surface area (TPSA) is 75.7 Å². The van der Waals surface area contributed by atoms with E-state index in [4.69, 9.17) is 62.7 Å². The van der Waals surface area contributed by atoms with E-state index in [-0.39, 0.29) is 22.8 Å². The molecule has 0 heterocycles. The van der Waals surface area contributed by atoms with Crippen molar-refractivity contribution >= 4 is 87.2 Å². The Morgan fingerprint density at radius 2 is 1.54 bits per heavy atom. The van der Waals surface area contributed by atoms with Gasteiger partial charge in [-0.1, -0.05) is 46.9 Å². The molecule has 0 bridgehead atoms. The minimum atomic E-state index is -1.34. The number of rotatable bonds is 7. The van der Waals surface area contributed by atoms with Crippen molar-refractivity contribution in [2.75, 3.05) is 17.3 Å². The molecular weight excluding hydrogens is 630 g/mol. The van der Waals surface area contributed by atoms with E-state index in [2.05, 4.69) is 5.32 Å². The van der Waals surface area contributed by atoms with Gasteiger partial charge in [-0.3, -0.25) is 14.5 Å². The summed E-state index contributed by atoms with van der Waals surface area (Å²) in [4.78, 5) is 40.0. The van der Waals surface area contributed by atoms with E-state index in [9.17, 15) is 14.4 Å². The second-order valence-corrected chi connectivity index (χ2v) is 13.5. The third-order valence-corrected chi connectivity index (χ3v) is 8.18. The Labute approximate surface area is 263 Å². The van der Waals surface area contributed by atoms with Gasteiger partial charge in [-0.05, 0) is 80.4 Å². The van der Waals surface area contributed by atoms with Crippen molar-refractivity contribution in [3.8, 4) is 0 Å². The zero-order valence-corrected chi connectivity index (χ0v) is 26.4. The summed E-state index contributed by atoms with van der Waals surface area (Å²) >= 11 is 31.5. The van der Waals surface area contributed by atoms with Gasteiger partial charge < -0.3 is 10.1 Å². The molecule has 4 rings (SSSR count). The van der Waals surface area contributed by atoms with Crippen LogP contribution in [0.3, 0.4) is 0 Å². The average molecular weight is 657 g/mol. The van der Waals surface area contributed by atoms with E-state index in [0.29, 0.717) is 27.0 Å². The Morgan fingerprint density at radius 1 is 0.927 bits per heavy atom. The van der Waals surface area contributed by atoms with Gasteiger partial charge in [0.25, 0.3) is 0 Å². The molecule has 1 aliphatic rings. The summed E-state index contributed by atoms with van der Waals surface area (Å²) in [6.45, 7) is 5.38. The minimum Gasteiger partial charge on any atom is -0.443 e. The van der Waals surface area contributed by atoms with Gasteiger partial charge in [0.05, 0.1) is 10.9 Å². The van der Waals surface area contributed by atoms with Crippen molar-refractivity contribution in [1.29, 1.82) is 0 Å². The number of carbonyl (C=O) groups is 3. The number of benzene rings is 3. The van der Waals surface area contributed by atoms with Crippen LogP contribution < -0.4 is 10.2 Å². The van der Waals surface area contributed by atoms with Gasteiger partial charge in [0.1, 0.15) is 9.93 Å². The number of nitrogens with zero attached hydrogens (tertiary/aromatic N) is 1. The molecule has 0 saturated heterocycles. The minimum absolute atomic E-state index is 0.0558. The van der Waals surface area contributed by atoms with Crippen LogP contribution in [0.1, 0.15) is 48.2 Å². The van der Waals surface area contributed by atoms with Crippen LogP contribution in [-0.2, 0) is 16.0 Å². The first-order valence-corrected chi connectivity index (χ1v) is 14.5. The molecule has 11 heteroatoms. The Bertz CT molecular complexity index is 1480. The molecule has 0 spiro atoms. The van der Waals surface area contributed by atoms with E-state index in [0.717, 1.165) is 5.56 Å². The molecule has 1 N–H and O–H groups in total. The van der Waals surface area contributed by atoms with Crippen molar-refractivity contribution < 1.29 is 19.1 Å². The van der Waals surface area contributed by atoms with E-state index in [1.165, 1.54) is 11.0 Å². The number of anilines is 2. The molecule has 2 amide bonds. The van der Waals surface area contributed by atoms with Crippen molar-refractivity contribution in [1.82, 2.24) is 0 Å². The number of carbonyl (C=O) groups excluding carboxylic acids is 3.